The van der Waals surface area contributed by atoms with Gasteiger partial charge in [0.05, 0.1) is 151 Å². The Morgan fingerprint density at radius 1 is 0.500 bits per heavy atom. The summed E-state index contributed by atoms with van der Waals surface area (Å²) in [5.41, 5.74) is 3.30. The summed E-state index contributed by atoms with van der Waals surface area (Å²) in [6, 6.07) is 15.3. The number of nitrogens with one attached hydrogen (secondary N) is 3. The summed E-state index contributed by atoms with van der Waals surface area (Å²) in [4.78, 5) is 91.2. The van der Waals surface area contributed by atoms with Crippen LogP contribution in [0.5, 0.6) is 0 Å². The number of benzene rings is 2. The molecular formula is C64H92N6O18. The maximum absolute atomic E-state index is 13.5. The first-order valence-electron chi connectivity index (χ1n) is 30.8. The predicted molar refractivity (Wildman–Crippen MR) is 325 cm³/mol. The van der Waals surface area contributed by atoms with Crippen molar-refractivity contribution in [1.29, 1.82) is 0 Å². The third-order valence-electron chi connectivity index (χ3n) is 14.1. The fourth-order valence-corrected chi connectivity index (χ4v) is 9.25. The number of anilines is 1. The van der Waals surface area contributed by atoms with Crippen molar-refractivity contribution < 1.29 is 85.7 Å². The minimum atomic E-state index is -0.515. The second-order valence-electron chi connectivity index (χ2n) is 20.6. The van der Waals surface area contributed by atoms with Crippen molar-refractivity contribution in [3.8, 4) is 11.8 Å². The number of alkyl carbamates (subject to hydrolysis) is 1. The van der Waals surface area contributed by atoms with Gasteiger partial charge < -0.3 is 77.9 Å². The summed E-state index contributed by atoms with van der Waals surface area (Å²) in [5.74, 6) is 5.50. The van der Waals surface area contributed by atoms with Gasteiger partial charge in [-0.2, -0.15) is 0 Å². The molecule has 0 bridgehead atoms. The van der Waals surface area contributed by atoms with Gasteiger partial charge in [0.1, 0.15) is 5.76 Å². The predicted octanol–water partition coefficient (Wildman–Crippen LogP) is 4.25. The fourth-order valence-electron chi connectivity index (χ4n) is 9.25. The number of hydrogen-bond donors (Lipinski definition) is 3. The maximum atomic E-state index is 13.5. The van der Waals surface area contributed by atoms with E-state index in [1.165, 1.54) is 31.4 Å². The SMILES string of the molecule is C=C(OC(=O)NCCOCCOCCOCCN(CCOCCOCCOCCNC(=O)CCC(=O)N1Cc2ccccc2C#Cc2ccccc21)C(=O)CCOCCOCCOCCOCCNC(=O)CCN1C(=O)C=CC1=O)C1CCCCCCC1. The molecule has 3 N–H and O–H groups in total. The molecule has 7 amide bonds. The van der Waals surface area contributed by atoms with Crippen molar-refractivity contribution in [1.82, 2.24) is 25.8 Å². The number of carbonyl (C=O) groups excluding carboxylic acids is 7. The minimum absolute atomic E-state index is 0.0151. The van der Waals surface area contributed by atoms with Crippen LogP contribution >= 0.6 is 0 Å². The van der Waals surface area contributed by atoms with Crippen LogP contribution in [0.15, 0.2) is 73.0 Å². The molecule has 0 aromatic heterocycles. The molecule has 2 aliphatic heterocycles. The van der Waals surface area contributed by atoms with E-state index in [-0.39, 0.29) is 115 Å². The van der Waals surface area contributed by atoms with Gasteiger partial charge in [-0.1, -0.05) is 80.9 Å². The molecule has 24 nitrogen and oxygen atoms in total. The molecule has 2 heterocycles. The van der Waals surface area contributed by atoms with Crippen LogP contribution in [0.1, 0.15) is 87.3 Å². The van der Waals surface area contributed by atoms with Gasteiger partial charge in [-0.3, -0.25) is 33.7 Å². The molecule has 1 fully saturated rings. The van der Waals surface area contributed by atoms with Crippen molar-refractivity contribution >= 4 is 47.2 Å². The Kier molecular flexibility index (Phi) is 37.4. The zero-order valence-corrected chi connectivity index (χ0v) is 51.1. The summed E-state index contributed by atoms with van der Waals surface area (Å²) in [6.07, 6.45) is 10.0. The number of allylic oxidation sites excluding steroid dienone is 1. The zero-order chi connectivity index (χ0) is 62.5. The Balaban J connectivity index is 0.864. The molecule has 0 radical (unpaired) electrons. The van der Waals surface area contributed by atoms with Gasteiger partial charge in [-0.15, -0.1) is 0 Å². The lowest BCUT2D eigenvalue weighted by Gasteiger charge is -2.26. The number of hydrogen-bond acceptors (Lipinski definition) is 18. The molecule has 0 unspecified atom stereocenters. The van der Waals surface area contributed by atoms with E-state index in [2.05, 4.69) is 34.4 Å². The number of nitrogens with zero attached hydrogens (tertiary/aromatic N) is 3. The van der Waals surface area contributed by atoms with E-state index >= 15 is 0 Å². The third-order valence-corrected chi connectivity index (χ3v) is 14.1. The van der Waals surface area contributed by atoms with Crippen LogP contribution in [-0.4, -0.2) is 223 Å². The molecule has 1 saturated carbocycles. The number of imide groups is 1. The Hall–Kier alpha value is -6.63. The summed E-state index contributed by atoms with van der Waals surface area (Å²) < 4.78 is 61.7. The topological polar surface area (TPSA) is 267 Å². The Bertz CT molecular complexity index is 2500. The molecule has 2 aromatic rings. The average molecular weight is 1230 g/mol. The van der Waals surface area contributed by atoms with Crippen LogP contribution in [0.25, 0.3) is 0 Å². The van der Waals surface area contributed by atoms with E-state index in [0.717, 1.165) is 53.0 Å². The molecule has 1 aliphatic carbocycles. The quantitative estimate of drug-likeness (QED) is 0.0362. The first-order chi connectivity index (χ1) is 43.1. The minimum Gasteiger partial charge on any atom is -0.415 e. The van der Waals surface area contributed by atoms with Crippen LogP contribution in [0.4, 0.5) is 10.5 Å². The molecule has 0 saturated heterocycles. The number of carbonyl (C=O) groups is 7. The number of fused-ring (bicyclic) bond motifs is 2. The largest absolute Gasteiger partial charge is 0.415 e. The molecule has 0 atom stereocenters. The molecule has 0 spiro atoms. The van der Waals surface area contributed by atoms with Crippen LogP contribution in [0, 0.1) is 17.8 Å². The van der Waals surface area contributed by atoms with E-state index in [0.29, 0.717) is 124 Å². The Morgan fingerprint density at radius 3 is 1.50 bits per heavy atom. The molecule has 5 rings (SSSR count). The lowest BCUT2D eigenvalue weighted by molar-refractivity contribution is -0.137. The first-order valence-corrected chi connectivity index (χ1v) is 30.8. The Labute approximate surface area is 517 Å². The van der Waals surface area contributed by atoms with Crippen LogP contribution < -0.4 is 20.9 Å². The van der Waals surface area contributed by atoms with E-state index in [4.69, 9.17) is 52.1 Å². The van der Waals surface area contributed by atoms with E-state index in [1.807, 2.05) is 48.5 Å². The van der Waals surface area contributed by atoms with Crippen molar-refractivity contribution in [3.63, 3.8) is 0 Å². The highest BCUT2D eigenvalue weighted by atomic mass is 16.6. The van der Waals surface area contributed by atoms with Gasteiger partial charge in [0.2, 0.25) is 23.6 Å². The van der Waals surface area contributed by atoms with Crippen molar-refractivity contribution in [2.24, 2.45) is 5.92 Å². The molecular weight excluding hydrogens is 1140 g/mol. The lowest BCUT2D eigenvalue weighted by Crippen LogP contribution is -2.37. The summed E-state index contributed by atoms with van der Waals surface area (Å²) in [6.45, 7) is 12.1. The highest BCUT2D eigenvalue weighted by Gasteiger charge is 2.25. The van der Waals surface area contributed by atoms with Crippen LogP contribution in [-0.2, 0) is 87.4 Å². The fraction of sp³-hybridized carbons (Fsp3) is 0.609. The lowest BCUT2D eigenvalue weighted by atomic mass is 9.90. The second-order valence-corrected chi connectivity index (χ2v) is 20.6. The van der Waals surface area contributed by atoms with Gasteiger partial charge in [0, 0.05) is 87.7 Å². The maximum Gasteiger partial charge on any atom is 0.412 e. The van der Waals surface area contributed by atoms with Crippen molar-refractivity contribution in [3.05, 3.63) is 89.7 Å². The first kappa shape index (κ1) is 72.1. The van der Waals surface area contributed by atoms with Gasteiger partial charge >= 0.3 is 6.09 Å². The summed E-state index contributed by atoms with van der Waals surface area (Å²) >= 11 is 0. The molecule has 3 aliphatic rings. The standard InChI is InChI=1S/C64H92N6O18/c1-52(53-11-5-3-2-4-6-12-53)88-64(77)67-27-34-81-40-46-86-48-42-83-36-30-68(60(73)24-31-78-37-43-84-49-50-87-45-39-80-33-26-66-59(72)23-28-69-61(74)21-22-62(69)75)29-35-82-41-47-85-44-38-79-32-25-65-58(71)19-20-63(76)70-51-56-15-8-7-13-54(56)17-18-55-14-9-10-16-57(55)70/h7-10,13-16,21-22,53H,1-6,11-12,19-20,23-51H2,(H,65,71)(H,66,72)(H,67,77). The van der Waals surface area contributed by atoms with Gasteiger partial charge in [0.15, 0.2) is 0 Å². The zero-order valence-electron chi connectivity index (χ0n) is 51.1. The van der Waals surface area contributed by atoms with Crippen molar-refractivity contribution in [2.75, 3.05) is 176 Å². The number of amides is 7. The van der Waals surface area contributed by atoms with Gasteiger partial charge in [-0.25, -0.2) is 4.79 Å². The van der Waals surface area contributed by atoms with Gasteiger partial charge in [-0.05, 0) is 36.6 Å². The highest BCUT2D eigenvalue weighted by Crippen LogP contribution is 2.28. The smallest absolute Gasteiger partial charge is 0.412 e. The number of para-hydroxylation sites is 1. The summed E-state index contributed by atoms with van der Waals surface area (Å²) in [7, 11) is 0. The Morgan fingerprint density at radius 2 is 0.943 bits per heavy atom. The normalized spacial score (nSPS) is 14.0. The van der Waals surface area contributed by atoms with Gasteiger partial charge in [0.25, 0.3) is 11.8 Å². The summed E-state index contributed by atoms with van der Waals surface area (Å²) in [5, 5.41) is 8.21. The monoisotopic (exact) mass is 1230 g/mol. The number of rotatable bonds is 47. The van der Waals surface area contributed by atoms with E-state index < -0.39 is 17.9 Å². The average Bonchev–Trinajstić information content (AvgIpc) is 4.03. The van der Waals surface area contributed by atoms with Crippen LogP contribution in [0.2, 0.25) is 0 Å². The number of ether oxygens (including phenoxy) is 11. The molecule has 2 aromatic carbocycles. The highest BCUT2D eigenvalue weighted by molar-refractivity contribution is 6.13. The van der Waals surface area contributed by atoms with Crippen molar-refractivity contribution in [2.45, 2.75) is 77.2 Å². The van der Waals surface area contributed by atoms with E-state index in [1.54, 1.807) is 9.80 Å². The molecule has 24 heteroatoms. The molecule has 486 valence electrons. The second kappa shape index (κ2) is 45.6. The van der Waals surface area contributed by atoms with E-state index in [9.17, 15) is 33.6 Å². The third kappa shape index (κ3) is 31.0. The molecule has 88 heavy (non-hydrogen) atoms. The van der Waals surface area contributed by atoms with Crippen LogP contribution in [0.3, 0.4) is 0 Å².